The molecule has 0 aliphatic heterocycles. The van der Waals surface area contributed by atoms with E-state index in [0.29, 0.717) is 12.0 Å². The molecule has 0 bridgehead atoms. The van der Waals surface area contributed by atoms with Gasteiger partial charge < -0.3 is 4.42 Å². The minimum atomic E-state index is -4.17. The molecule has 0 aliphatic carbocycles. The third-order valence-electron chi connectivity index (χ3n) is 4.54. The zero-order valence-electron chi connectivity index (χ0n) is 15.8. The van der Waals surface area contributed by atoms with Crippen molar-refractivity contribution in [1.82, 2.24) is 4.98 Å². The summed E-state index contributed by atoms with van der Waals surface area (Å²) in [7, 11) is -8.19. The molecule has 28 heavy (non-hydrogen) atoms. The fourth-order valence-corrected chi connectivity index (χ4v) is 5.74. The van der Waals surface area contributed by atoms with Crippen molar-refractivity contribution in [1.29, 1.82) is 0 Å². The van der Waals surface area contributed by atoms with Gasteiger partial charge in [0, 0.05) is 5.56 Å². The Morgan fingerprint density at radius 2 is 1.57 bits per heavy atom. The molecular formula is C20H21NO5S2. The number of hydrogen-bond acceptors (Lipinski definition) is 6. The lowest BCUT2D eigenvalue weighted by atomic mass is 10.1. The first-order valence-electron chi connectivity index (χ1n) is 8.79. The van der Waals surface area contributed by atoms with E-state index in [2.05, 4.69) is 4.98 Å². The molecule has 3 aromatic rings. The van der Waals surface area contributed by atoms with Gasteiger partial charge in [0.05, 0.1) is 10.1 Å². The van der Waals surface area contributed by atoms with Crippen LogP contribution in [0.3, 0.4) is 0 Å². The molecule has 148 valence electrons. The molecule has 1 heterocycles. The standard InChI is InChI=1S/C20H21NO5S2/c1-4-15(3)27(22,23)20-19(28(24,25)17-8-6-5-7-9-17)21-18(26-20)16-12-10-14(2)11-13-16/h5-13,15H,4H2,1-3H3. The second kappa shape index (κ2) is 7.52. The molecule has 1 aromatic heterocycles. The Kier molecular flexibility index (Phi) is 5.45. The maximum absolute atomic E-state index is 13.1. The zero-order chi connectivity index (χ0) is 20.5. The molecule has 1 atom stereocenters. The zero-order valence-corrected chi connectivity index (χ0v) is 17.4. The van der Waals surface area contributed by atoms with Gasteiger partial charge in [-0.25, -0.2) is 16.8 Å². The van der Waals surface area contributed by atoms with Gasteiger partial charge >= 0.3 is 0 Å². The molecule has 0 aliphatic rings. The molecule has 0 saturated carbocycles. The Labute approximate surface area is 165 Å². The summed E-state index contributed by atoms with van der Waals surface area (Å²) in [5.74, 6) is -0.0450. The van der Waals surface area contributed by atoms with E-state index in [9.17, 15) is 16.8 Å². The van der Waals surface area contributed by atoms with Crippen molar-refractivity contribution in [2.24, 2.45) is 0 Å². The first-order chi connectivity index (χ1) is 13.2. The van der Waals surface area contributed by atoms with Gasteiger partial charge in [-0.3, -0.25) is 0 Å². The first-order valence-corrected chi connectivity index (χ1v) is 11.8. The van der Waals surface area contributed by atoms with Gasteiger partial charge in [-0.15, -0.1) is 0 Å². The Balaban J connectivity index is 2.27. The predicted octanol–water partition coefficient (Wildman–Crippen LogP) is 4.06. The van der Waals surface area contributed by atoms with Crippen molar-refractivity contribution >= 4 is 19.7 Å². The largest absolute Gasteiger partial charge is 0.423 e. The molecule has 1 unspecified atom stereocenters. The van der Waals surface area contributed by atoms with E-state index in [4.69, 9.17) is 4.42 Å². The van der Waals surface area contributed by atoms with Crippen molar-refractivity contribution in [3.8, 4) is 11.5 Å². The summed E-state index contributed by atoms with van der Waals surface area (Å²) in [5.41, 5.74) is 1.50. The molecule has 0 saturated heterocycles. The lowest BCUT2D eigenvalue weighted by Crippen LogP contribution is -2.19. The van der Waals surface area contributed by atoms with E-state index in [0.717, 1.165) is 5.56 Å². The molecule has 3 rings (SSSR count). The van der Waals surface area contributed by atoms with Crippen molar-refractivity contribution in [3.63, 3.8) is 0 Å². The van der Waals surface area contributed by atoms with Crippen LogP contribution in [0.25, 0.3) is 11.5 Å². The first kappa shape index (κ1) is 20.3. The van der Waals surface area contributed by atoms with Crippen LogP contribution in [0.4, 0.5) is 0 Å². The molecule has 0 spiro atoms. The van der Waals surface area contributed by atoms with Crippen LogP contribution in [0.1, 0.15) is 25.8 Å². The van der Waals surface area contributed by atoms with E-state index in [1.54, 1.807) is 37.3 Å². The van der Waals surface area contributed by atoms with Gasteiger partial charge in [-0.1, -0.05) is 42.8 Å². The average molecular weight is 420 g/mol. The quantitative estimate of drug-likeness (QED) is 0.598. The minimum Gasteiger partial charge on any atom is -0.423 e. The van der Waals surface area contributed by atoms with E-state index < -0.39 is 35.0 Å². The maximum atomic E-state index is 13.1. The second-order valence-corrected chi connectivity index (χ2v) is 10.7. The van der Waals surface area contributed by atoms with E-state index in [1.807, 2.05) is 19.1 Å². The molecule has 8 heteroatoms. The Hall–Kier alpha value is -2.45. The lowest BCUT2D eigenvalue weighted by Gasteiger charge is -2.09. The van der Waals surface area contributed by atoms with Gasteiger partial charge in [0.2, 0.25) is 30.6 Å². The van der Waals surface area contributed by atoms with Crippen LogP contribution < -0.4 is 0 Å². The number of aromatic nitrogens is 1. The average Bonchev–Trinajstić information content (AvgIpc) is 3.15. The summed E-state index contributed by atoms with van der Waals surface area (Å²) < 4.78 is 57.7. The summed E-state index contributed by atoms with van der Waals surface area (Å²) in [5, 5.41) is -1.99. The number of oxazole rings is 1. The Morgan fingerprint density at radius 3 is 2.14 bits per heavy atom. The highest BCUT2D eigenvalue weighted by Crippen LogP contribution is 2.34. The molecule has 6 nitrogen and oxygen atoms in total. The molecule has 0 fully saturated rings. The Morgan fingerprint density at radius 1 is 0.964 bits per heavy atom. The highest BCUT2D eigenvalue weighted by atomic mass is 32.2. The summed E-state index contributed by atoms with van der Waals surface area (Å²) >= 11 is 0. The van der Waals surface area contributed by atoms with Gasteiger partial charge in [-0.05, 0) is 44.5 Å². The summed E-state index contributed by atoms with van der Waals surface area (Å²) in [6.45, 7) is 5.14. The predicted molar refractivity (Wildman–Crippen MR) is 106 cm³/mol. The molecule has 0 radical (unpaired) electrons. The van der Waals surface area contributed by atoms with Crippen LogP contribution in [0.2, 0.25) is 0 Å². The van der Waals surface area contributed by atoms with Gasteiger partial charge in [-0.2, -0.15) is 4.98 Å². The summed E-state index contributed by atoms with van der Waals surface area (Å²) in [4.78, 5) is 4.07. The van der Waals surface area contributed by atoms with Gasteiger partial charge in [0.15, 0.2) is 0 Å². The van der Waals surface area contributed by atoms with Gasteiger partial charge in [0.25, 0.3) is 5.09 Å². The number of nitrogens with zero attached hydrogens (tertiary/aromatic N) is 1. The van der Waals surface area contributed by atoms with Crippen LogP contribution in [0.15, 0.2) is 74.0 Å². The number of aryl methyl sites for hydroxylation is 1. The van der Waals surface area contributed by atoms with Crippen molar-refractivity contribution < 1.29 is 21.3 Å². The summed E-state index contributed by atoms with van der Waals surface area (Å²) in [6, 6.07) is 14.6. The van der Waals surface area contributed by atoms with Crippen LogP contribution in [-0.4, -0.2) is 27.1 Å². The topological polar surface area (TPSA) is 94.3 Å². The highest BCUT2D eigenvalue weighted by molar-refractivity contribution is 7.94. The fraction of sp³-hybridized carbons (Fsp3) is 0.250. The maximum Gasteiger partial charge on any atom is 0.258 e. The molecular weight excluding hydrogens is 398 g/mol. The van der Waals surface area contributed by atoms with Crippen LogP contribution in [0, 0.1) is 6.92 Å². The fourth-order valence-electron chi connectivity index (χ4n) is 2.57. The van der Waals surface area contributed by atoms with Crippen LogP contribution >= 0.6 is 0 Å². The number of hydrogen-bond donors (Lipinski definition) is 0. The highest BCUT2D eigenvalue weighted by Gasteiger charge is 2.37. The minimum absolute atomic E-state index is 0.0423. The van der Waals surface area contributed by atoms with E-state index >= 15 is 0 Å². The van der Waals surface area contributed by atoms with Crippen molar-refractivity contribution in [2.75, 3.05) is 0 Å². The SMILES string of the molecule is CCC(C)S(=O)(=O)c1oc(-c2ccc(C)cc2)nc1S(=O)(=O)c1ccccc1. The molecule has 0 amide bonds. The Bertz CT molecular complexity index is 1180. The molecule has 2 aromatic carbocycles. The van der Waals surface area contributed by atoms with Crippen molar-refractivity contribution in [3.05, 3.63) is 60.2 Å². The number of benzene rings is 2. The summed E-state index contributed by atoms with van der Waals surface area (Å²) in [6.07, 6.45) is 0.313. The van der Waals surface area contributed by atoms with Gasteiger partial charge in [0.1, 0.15) is 0 Å². The monoisotopic (exact) mass is 419 g/mol. The van der Waals surface area contributed by atoms with Crippen LogP contribution in [-0.2, 0) is 19.7 Å². The third-order valence-corrected chi connectivity index (χ3v) is 8.53. The normalized spacial score (nSPS) is 13.4. The third kappa shape index (κ3) is 3.62. The van der Waals surface area contributed by atoms with Crippen LogP contribution in [0.5, 0.6) is 0 Å². The number of rotatable bonds is 6. The smallest absolute Gasteiger partial charge is 0.258 e. The van der Waals surface area contributed by atoms with Crippen molar-refractivity contribution in [2.45, 2.75) is 47.5 Å². The second-order valence-electron chi connectivity index (χ2n) is 6.56. The lowest BCUT2D eigenvalue weighted by molar-refractivity contribution is 0.441. The van der Waals surface area contributed by atoms with E-state index in [1.165, 1.54) is 19.1 Å². The number of sulfone groups is 2. The molecule has 0 N–H and O–H groups in total. The van der Waals surface area contributed by atoms with E-state index in [-0.39, 0.29) is 10.8 Å².